The molecule has 1 aliphatic heterocycles. The monoisotopic (exact) mass is 347 g/mol. The minimum Gasteiger partial charge on any atom is -0.475 e. The summed E-state index contributed by atoms with van der Waals surface area (Å²) in [5.41, 5.74) is 0.227. The fraction of sp³-hybridized carbons (Fsp3) is 0.389. The van der Waals surface area contributed by atoms with E-state index in [1.165, 1.54) is 19.1 Å². The summed E-state index contributed by atoms with van der Waals surface area (Å²) in [5.74, 6) is -1.61. The van der Waals surface area contributed by atoms with E-state index in [9.17, 15) is 14.4 Å². The number of esters is 2. The molecule has 25 heavy (non-hydrogen) atoms. The van der Waals surface area contributed by atoms with Crippen molar-refractivity contribution in [3.05, 3.63) is 35.4 Å². The van der Waals surface area contributed by atoms with E-state index in [4.69, 9.17) is 14.2 Å². The number of hydrogen-bond acceptors (Lipinski definition) is 6. The van der Waals surface area contributed by atoms with Gasteiger partial charge in [0.2, 0.25) is 6.10 Å². The Morgan fingerprint density at radius 3 is 2.20 bits per heavy atom. The van der Waals surface area contributed by atoms with Gasteiger partial charge >= 0.3 is 11.9 Å². The molecule has 1 aliphatic rings. The van der Waals surface area contributed by atoms with Crippen LogP contribution < -0.4 is 4.74 Å². The van der Waals surface area contributed by atoms with E-state index in [0.29, 0.717) is 24.4 Å². The molecule has 0 saturated heterocycles. The molecule has 0 radical (unpaired) electrons. The molecule has 1 amide bonds. The highest BCUT2D eigenvalue weighted by atomic mass is 16.5. The van der Waals surface area contributed by atoms with Crippen LogP contribution in [0.25, 0.3) is 5.57 Å². The highest BCUT2D eigenvalue weighted by molar-refractivity contribution is 6.25. The number of ether oxygens (including phenoxy) is 3. The van der Waals surface area contributed by atoms with E-state index in [-0.39, 0.29) is 11.1 Å². The number of benzene rings is 1. The normalized spacial score (nSPS) is 15.8. The standard InChI is InChI=1S/C18H21NO6/c1-5-19(6-2)16(20)15-14(18(22)24-4)13(17(21)23-3)11-9-7-8-10-12(11)25-15/h7-10,15H,5-6H2,1-4H3/t15-/m0/s1. The smallest absolute Gasteiger partial charge is 0.339 e. The van der Waals surface area contributed by atoms with Gasteiger partial charge in [-0.1, -0.05) is 18.2 Å². The number of hydrogen-bond donors (Lipinski definition) is 0. The van der Waals surface area contributed by atoms with Crippen LogP contribution in [0.3, 0.4) is 0 Å². The summed E-state index contributed by atoms with van der Waals surface area (Å²) in [6.45, 7) is 4.53. The first-order valence-corrected chi connectivity index (χ1v) is 7.95. The molecule has 0 spiro atoms. The summed E-state index contributed by atoms with van der Waals surface area (Å²) in [4.78, 5) is 39.1. The van der Waals surface area contributed by atoms with Crippen molar-refractivity contribution in [1.82, 2.24) is 4.90 Å². The van der Waals surface area contributed by atoms with Gasteiger partial charge in [-0.05, 0) is 19.9 Å². The van der Waals surface area contributed by atoms with Crippen LogP contribution in [0.1, 0.15) is 19.4 Å². The van der Waals surface area contributed by atoms with Gasteiger partial charge < -0.3 is 19.1 Å². The minimum atomic E-state index is -1.27. The molecule has 0 aromatic heterocycles. The molecule has 1 heterocycles. The molecule has 0 fully saturated rings. The van der Waals surface area contributed by atoms with Gasteiger partial charge in [-0.3, -0.25) is 4.79 Å². The van der Waals surface area contributed by atoms with E-state index in [0.717, 1.165) is 0 Å². The first-order valence-electron chi connectivity index (χ1n) is 7.95. The largest absolute Gasteiger partial charge is 0.475 e. The lowest BCUT2D eigenvalue weighted by atomic mass is 9.92. The van der Waals surface area contributed by atoms with Crippen molar-refractivity contribution in [1.29, 1.82) is 0 Å². The average molecular weight is 347 g/mol. The third-order valence-corrected chi connectivity index (χ3v) is 4.03. The predicted octanol–water partition coefficient (Wildman–Crippen LogP) is 1.42. The Bertz CT molecular complexity index is 720. The van der Waals surface area contributed by atoms with Crippen molar-refractivity contribution in [3.8, 4) is 5.75 Å². The summed E-state index contributed by atoms with van der Waals surface area (Å²) < 4.78 is 15.4. The predicted molar refractivity (Wildman–Crippen MR) is 89.7 cm³/mol. The van der Waals surface area contributed by atoms with E-state index >= 15 is 0 Å². The molecular weight excluding hydrogens is 326 g/mol. The van der Waals surface area contributed by atoms with Gasteiger partial charge in [0.25, 0.3) is 5.91 Å². The Hall–Kier alpha value is -2.83. The van der Waals surface area contributed by atoms with Crippen molar-refractivity contribution in [3.63, 3.8) is 0 Å². The lowest BCUT2D eigenvalue weighted by Gasteiger charge is -2.31. The SMILES string of the molecule is CCN(CC)C(=O)[C@H]1Oc2ccccc2C(C(=O)OC)=C1C(=O)OC. The zero-order valence-electron chi connectivity index (χ0n) is 14.7. The van der Waals surface area contributed by atoms with E-state index in [2.05, 4.69) is 0 Å². The molecule has 7 heteroatoms. The number of likely N-dealkylation sites (N-methyl/N-ethyl adjacent to an activating group) is 1. The number of para-hydroxylation sites is 1. The van der Waals surface area contributed by atoms with Crippen LogP contribution in [0.15, 0.2) is 29.8 Å². The Kier molecular flexibility index (Phi) is 5.80. The maximum Gasteiger partial charge on any atom is 0.339 e. The molecule has 1 aromatic carbocycles. The van der Waals surface area contributed by atoms with Crippen LogP contribution in [-0.2, 0) is 23.9 Å². The number of rotatable bonds is 5. The summed E-state index contributed by atoms with van der Waals surface area (Å²) in [6.07, 6.45) is -1.27. The van der Waals surface area contributed by atoms with Crippen LogP contribution in [0.2, 0.25) is 0 Å². The van der Waals surface area contributed by atoms with Gasteiger partial charge in [-0.15, -0.1) is 0 Å². The Labute approximate surface area is 146 Å². The zero-order chi connectivity index (χ0) is 18.6. The maximum atomic E-state index is 12.9. The summed E-state index contributed by atoms with van der Waals surface area (Å²) in [6, 6.07) is 6.68. The summed E-state index contributed by atoms with van der Waals surface area (Å²) >= 11 is 0. The van der Waals surface area contributed by atoms with Crippen molar-refractivity contribution in [2.45, 2.75) is 20.0 Å². The second kappa shape index (κ2) is 7.83. The minimum absolute atomic E-state index is 0.0123. The van der Waals surface area contributed by atoms with Gasteiger partial charge in [0, 0.05) is 18.7 Å². The molecule has 1 atom stereocenters. The van der Waals surface area contributed by atoms with E-state index in [1.54, 1.807) is 24.3 Å². The third kappa shape index (κ3) is 3.35. The number of nitrogens with zero attached hydrogens (tertiary/aromatic N) is 1. The van der Waals surface area contributed by atoms with Crippen molar-refractivity contribution >= 4 is 23.4 Å². The third-order valence-electron chi connectivity index (χ3n) is 4.03. The molecule has 7 nitrogen and oxygen atoms in total. The van der Waals surface area contributed by atoms with Crippen molar-refractivity contribution in [2.75, 3.05) is 27.3 Å². The highest BCUT2D eigenvalue weighted by Gasteiger charge is 2.42. The molecule has 0 saturated carbocycles. The zero-order valence-corrected chi connectivity index (χ0v) is 14.7. The van der Waals surface area contributed by atoms with E-state index < -0.39 is 23.9 Å². The Balaban J connectivity index is 2.70. The second-order valence-electron chi connectivity index (χ2n) is 5.28. The average Bonchev–Trinajstić information content (AvgIpc) is 2.65. The molecule has 0 bridgehead atoms. The first kappa shape index (κ1) is 18.5. The summed E-state index contributed by atoms with van der Waals surface area (Å²) in [7, 11) is 2.40. The number of carbonyl (C=O) groups is 3. The first-order chi connectivity index (χ1) is 12.0. The van der Waals surface area contributed by atoms with Gasteiger partial charge in [0.05, 0.1) is 19.8 Å². The maximum absolute atomic E-state index is 12.9. The molecule has 2 rings (SSSR count). The quantitative estimate of drug-likeness (QED) is 0.749. The lowest BCUT2D eigenvalue weighted by molar-refractivity contribution is -0.143. The van der Waals surface area contributed by atoms with Gasteiger partial charge in [0.15, 0.2) is 0 Å². The molecule has 1 aromatic rings. The molecule has 0 N–H and O–H groups in total. The van der Waals surface area contributed by atoms with Crippen LogP contribution in [0.4, 0.5) is 0 Å². The number of methoxy groups -OCH3 is 2. The fourth-order valence-corrected chi connectivity index (χ4v) is 2.75. The topological polar surface area (TPSA) is 82.1 Å². The van der Waals surface area contributed by atoms with Crippen LogP contribution in [0.5, 0.6) is 5.75 Å². The van der Waals surface area contributed by atoms with Crippen LogP contribution in [-0.4, -0.2) is 56.2 Å². The number of amides is 1. The molecule has 0 aliphatic carbocycles. The second-order valence-corrected chi connectivity index (χ2v) is 5.28. The molecule has 0 unspecified atom stereocenters. The number of fused-ring (bicyclic) bond motifs is 1. The van der Waals surface area contributed by atoms with Gasteiger partial charge in [-0.25, -0.2) is 9.59 Å². The van der Waals surface area contributed by atoms with Crippen LogP contribution in [0, 0.1) is 0 Å². The number of carbonyl (C=O) groups excluding carboxylic acids is 3. The Morgan fingerprint density at radius 1 is 1.04 bits per heavy atom. The molecular formula is C18H21NO6. The van der Waals surface area contributed by atoms with E-state index in [1.807, 2.05) is 13.8 Å². The Morgan fingerprint density at radius 2 is 1.64 bits per heavy atom. The molecule has 134 valence electrons. The highest BCUT2D eigenvalue weighted by Crippen LogP contribution is 2.37. The van der Waals surface area contributed by atoms with Crippen LogP contribution >= 0.6 is 0 Å². The lowest BCUT2D eigenvalue weighted by Crippen LogP contribution is -2.46. The van der Waals surface area contributed by atoms with Gasteiger partial charge in [-0.2, -0.15) is 0 Å². The van der Waals surface area contributed by atoms with Crippen molar-refractivity contribution < 1.29 is 28.6 Å². The van der Waals surface area contributed by atoms with Crippen molar-refractivity contribution in [2.24, 2.45) is 0 Å². The van der Waals surface area contributed by atoms with Gasteiger partial charge in [0.1, 0.15) is 11.3 Å². The fourth-order valence-electron chi connectivity index (χ4n) is 2.75. The summed E-state index contributed by atoms with van der Waals surface area (Å²) in [5, 5.41) is 0.